The average Bonchev–Trinajstić information content (AvgIpc) is 3.54. The molecule has 2 aromatic rings. The summed E-state index contributed by atoms with van der Waals surface area (Å²) in [4.78, 5) is 35.2. The number of nitrogens with two attached hydrogens (primary N) is 1. The largest absolute Gasteiger partial charge is 0.490 e. The molecule has 0 spiro atoms. The third kappa shape index (κ3) is 4.13. The van der Waals surface area contributed by atoms with E-state index in [9.17, 15) is 27.9 Å². The maximum atomic E-state index is 15.2. The molecule has 8 nitrogen and oxygen atoms in total. The molecule has 3 aliphatic rings. The van der Waals surface area contributed by atoms with Gasteiger partial charge in [-0.15, -0.1) is 0 Å². The molecule has 1 saturated carbocycles. The third-order valence-electron chi connectivity index (χ3n) is 6.24. The van der Waals surface area contributed by atoms with Crippen molar-refractivity contribution in [3.05, 3.63) is 45.5 Å². The molecule has 2 aliphatic heterocycles. The number of fused-ring (bicyclic) bond motifs is 5. The van der Waals surface area contributed by atoms with E-state index in [-0.39, 0.29) is 29.1 Å². The Morgan fingerprint density at radius 1 is 1.15 bits per heavy atom. The van der Waals surface area contributed by atoms with Crippen molar-refractivity contribution in [1.82, 2.24) is 4.57 Å². The molecule has 1 aromatic carbocycles. The zero-order valence-corrected chi connectivity index (χ0v) is 17.7. The highest BCUT2D eigenvalue weighted by molar-refractivity contribution is 5.98. The number of rotatable bonds is 2. The Hall–Kier alpha value is -3.41. The van der Waals surface area contributed by atoms with Gasteiger partial charge in [0, 0.05) is 36.4 Å². The number of hydrogen-bond donors (Lipinski definition) is 3. The lowest BCUT2D eigenvalue weighted by Crippen LogP contribution is -2.39. The summed E-state index contributed by atoms with van der Waals surface area (Å²) < 4.78 is 48.8. The van der Waals surface area contributed by atoms with Crippen LogP contribution >= 0.6 is 0 Å². The van der Waals surface area contributed by atoms with Crippen molar-refractivity contribution in [2.45, 2.75) is 50.0 Å². The molecule has 12 heteroatoms. The summed E-state index contributed by atoms with van der Waals surface area (Å²) >= 11 is 0. The number of alkyl halides is 3. The number of pyridine rings is 1. The molecule has 34 heavy (non-hydrogen) atoms. The SMILES string of the molecule is N[C@H]1CCN2c3c(F)cc4c(=O)c(C(=O)O)cn(C5CC5)c4c3C=CC[C@H]12.O=C(O)C(F)(F)F. The summed E-state index contributed by atoms with van der Waals surface area (Å²) in [6.07, 6.45) is 3.55. The van der Waals surface area contributed by atoms with Gasteiger partial charge in [-0.3, -0.25) is 4.79 Å². The van der Waals surface area contributed by atoms with Crippen LogP contribution in [0.1, 0.15) is 47.6 Å². The van der Waals surface area contributed by atoms with Crippen molar-refractivity contribution < 1.29 is 37.4 Å². The van der Waals surface area contributed by atoms with E-state index in [1.165, 1.54) is 12.3 Å². The molecule has 0 radical (unpaired) electrons. The molecule has 0 amide bonds. The molecule has 1 aliphatic carbocycles. The number of anilines is 1. The Morgan fingerprint density at radius 2 is 1.79 bits per heavy atom. The average molecular weight is 483 g/mol. The lowest BCUT2D eigenvalue weighted by Gasteiger charge is -2.29. The zero-order chi connectivity index (χ0) is 24.9. The van der Waals surface area contributed by atoms with Gasteiger partial charge in [0.2, 0.25) is 5.43 Å². The lowest BCUT2D eigenvalue weighted by atomic mass is 10.0. The van der Waals surface area contributed by atoms with Gasteiger partial charge in [0.25, 0.3) is 0 Å². The van der Waals surface area contributed by atoms with Crippen LogP contribution in [0.5, 0.6) is 0 Å². The summed E-state index contributed by atoms with van der Waals surface area (Å²) in [5.74, 6) is -4.54. The second-order valence-corrected chi connectivity index (χ2v) is 8.49. The highest BCUT2D eigenvalue weighted by Crippen LogP contribution is 2.43. The minimum absolute atomic E-state index is 0.0179. The molecule has 2 fully saturated rings. The summed E-state index contributed by atoms with van der Waals surface area (Å²) in [5.41, 5.74) is 7.04. The highest BCUT2D eigenvalue weighted by Gasteiger charge is 2.38. The first kappa shape index (κ1) is 23.7. The van der Waals surface area contributed by atoms with Crippen molar-refractivity contribution in [1.29, 1.82) is 0 Å². The number of halogens is 4. The molecule has 2 atom stereocenters. The molecule has 182 valence electrons. The van der Waals surface area contributed by atoms with E-state index in [1.807, 2.05) is 21.6 Å². The van der Waals surface area contributed by atoms with E-state index in [0.29, 0.717) is 23.3 Å². The first-order valence-corrected chi connectivity index (χ1v) is 10.5. The normalized spacial score (nSPS) is 21.4. The standard InChI is InChI=1S/C20H20FN3O3.C2HF3O2/c21-14-8-12-17(24(10-4-5-10)9-13(19(12)25)20(26)27)11-2-1-3-16-15(22)6-7-23(16)18(11)14;3-2(4,5)1(6)7/h1-2,8-10,15-16H,3-7,22H2,(H,26,27);(H,6,7)/t15-,16+;/m0./s1. The van der Waals surface area contributed by atoms with Crippen LogP contribution in [-0.2, 0) is 4.79 Å². The monoisotopic (exact) mass is 483 g/mol. The fourth-order valence-electron chi connectivity index (χ4n) is 4.53. The van der Waals surface area contributed by atoms with E-state index in [1.54, 1.807) is 0 Å². The van der Waals surface area contributed by atoms with Crippen molar-refractivity contribution >= 4 is 34.6 Å². The molecular formula is C22H21F4N3O5. The van der Waals surface area contributed by atoms with Gasteiger partial charge in [-0.05, 0) is 31.7 Å². The van der Waals surface area contributed by atoms with E-state index >= 15 is 4.39 Å². The van der Waals surface area contributed by atoms with Crippen molar-refractivity contribution in [3.63, 3.8) is 0 Å². The van der Waals surface area contributed by atoms with Crippen LogP contribution in [0, 0.1) is 5.82 Å². The van der Waals surface area contributed by atoms with Gasteiger partial charge < -0.3 is 25.4 Å². The maximum absolute atomic E-state index is 15.2. The molecule has 3 heterocycles. The van der Waals surface area contributed by atoms with Crippen molar-refractivity contribution in [2.24, 2.45) is 5.73 Å². The van der Waals surface area contributed by atoms with Crippen LogP contribution < -0.4 is 16.1 Å². The number of carboxylic acids is 2. The van der Waals surface area contributed by atoms with Crippen LogP contribution in [0.3, 0.4) is 0 Å². The smallest absolute Gasteiger partial charge is 0.477 e. The Balaban J connectivity index is 0.000000344. The van der Waals surface area contributed by atoms with Crippen LogP contribution in [0.25, 0.3) is 17.0 Å². The first-order valence-electron chi connectivity index (χ1n) is 10.5. The van der Waals surface area contributed by atoms with Gasteiger partial charge in [-0.25, -0.2) is 14.0 Å². The Morgan fingerprint density at radius 3 is 2.35 bits per heavy atom. The molecule has 0 bridgehead atoms. The van der Waals surface area contributed by atoms with Crippen LogP contribution in [-0.4, -0.2) is 51.5 Å². The van der Waals surface area contributed by atoms with Gasteiger partial charge in [-0.1, -0.05) is 12.2 Å². The predicted molar refractivity (Wildman–Crippen MR) is 114 cm³/mol. The third-order valence-corrected chi connectivity index (χ3v) is 6.24. The van der Waals surface area contributed by atoms with E-state index in [2.05, 4.69) is 0 Å². The number of benzene rings is 1. The van der Waals surface area contributed by atoms with Gasteiger partial charge in [0.05, 0.1) is 16.6 Å². The Labute approximate surface area is 189 Å². The molecule has 1 aromatic heterocycles. The second kappa shape index (κ2) is 8.42. The number of aromatic carboxylic acids is 1. The van der Waals surface area contributed by atoms with Crippen LogP contribution in [0.15, 0.2) is 23.1 Å². The fraction of sp³-hybridized carbons (Fsp3) is 0.409. The summed E-state index contributed by atoms with van der Waals surface area (Å²) in [5, 5.41) is 16.7. The van der Waals surface area contributed by atoms with Gasteiger partial charge >= 0.3 is 18.1 Å². The van der Waals surface area contributed by atoms with E-state index in [0.717, 1.165) is 25.7 Å². The molecular weight excluding hydrogens is 462 g/mol. The van der Waals surface area contributed by atoms with E-state index < -0.39 is 29.4 Å². The summed E-state index contributed by atoms with van der Waals surface area (Å²) in [6, 6.07) is 1.38. The Kier molecular flexibility index (Phi) is 5.88. The quantitative estimate of drug-likeness (QED) is 0.561. The predicted octanol–water partition coefficient (Wildman–Crippen LogP) is 3.13. The number of aliphatic carboxylic acids is 1. The first-order chi connectivity index (χ1) is 15.9. The van der Waals surface area contributed by atoms with E-state index in [4.69, 9.17) is 15.6 Å². The van der Waals surface area contributed by atoms with Crippen molar-refractivity contribution in [3.8, 4) is 0 Å². The zero-order valence-electron chi connectivity index (χ0n) is 17.7. The molecule has 1 saturated heterocycles. The van der Waals surface area contributed by atoms with Crippen molar-refractivity contribution in [2.75, 3.05) is 11.4 Å². The number of aromatic nitrogens is 1. The number of nitrogens with zero attached hydrogens (tertiary/aromatic N) is 2. The lowest BCUT2D eigenvalue weighted by molar-refractivity contribution is -0.192. The topological polar surface area (TPSA) is 126 Å². The minimum atomic E-state index is -5.08. The fourth-order valence-corrected chi connectivity index (χ4v) is 4.53. The van der Waals surface area contributed by atoms with Gasteiger partial charge in [0.15, 0.2) is 0 Å². The van der Waals surface area contributed by atoms with Crippen LogP contribution in [0.4, 0.5) is 23.2 Å². The minimum Gasteiger partial charge on any atom is -0.477 e. The second-order valence-electron chi connectivity index (χ2n) is 8.49. The number of carboxylic acid groups (broad SMARTS) is 2. The summed E-state index contributed by atoms with van der Waals surface area (Å²) in [7, 11) is 0. The summed E-state index contributed by atoms with van der Waals surface area (Å²) in [6.45, 7) is 0.670. The Bertz CT molecular complexity index is 1270. The molecule has 4 N–H and O–H groups in total. The van der Waals surface area contributed by atoms with Gasteiger partial charge in [-0.2, -0.15) is 13.2 Å². The maximum Gasteiger partial charge on any atom is 0.490 e. The highest BCUT2D eigenvalue weighted by atomic mass is 19.4. The molecule has 5 rings (SSSR count). The van der Waals surface area contributed by atoms with Gasteiger partial charge in [0.1, 0.15) is 11.4 Å². The molecule has 0 unspecified atom stereocenters. The van der Waals surface area contributed by atoms with Crippen LogP contribution in [0.2, 0.25) is 0 Å². The number of hydrogen-bond acceptors (Lipinski definition) is 5. The number of carbonyl (C=O) groups is 2.